The van der Waals surface area contributed by atoms with Gasteiger partial charge in [-0.3, -0.25) is 9.47 Å². The molecule has 0 rings (SSSR count). The smallest absolute Gasteiger partial charge is 0.442 e. The van der Waals surface area contributed by atoms with Crippen LogP contribution < -0.4 is 0 Å². The fourth-order valence-electron chi connectivity index (χ4n) is 2.06. The van der Waals surface area contributed by atoms with E-state index in [2.05, 4.69) is 0 Å². The highest BCUT2D eigenvalue weighted by atomic mass is 32.2. The number of halogens is 22. The number of ether oxygens (including phenoxy) is 3. The van der Waals surface area contributed by atoms with E-state index in [4.69, 9.17) is 0 Å². The van der Waals surface area contributed by atoms with Crippen LogP contribution >= 0.6 is 0 Å². The Balaban J connectivity index is 7.70. The summed E-state index contributed by atoms with van der Waals surface area (Å²) < 4.78 is 341. The van der Waals surface area contributed by atoms with Crippen LogP contribution in [0.25, 0.3) is 0 Å². The lowest BCUT2D eigenvalue weighted by molar-refractivity contribution is -0.447. The quantitative estimate of drug-likeness (QED) is 0.102. The molecular weight excluding hydrogens is 762 g/mol. The number of hydrogen-bond acceptors (Lipinski definition) is 7. The summed E-state index contributed by atoms with van der Waals surface area (Å²) in [5.41, 5.74) is 0. The average molecular weight is 762 g/mol. The molecule has 0 aromatic heterocycles. The predicted molar refractivity (Wildman–Crippen MR) is 91.4 cm³/mol. The topological polar surface area (TPSA) is 96.0 Å². The van der Waals surface area contributed by atoms with Crippen molar-refractivity contribution in [3.63, 3.8) is 0 Å². The first-order valence-corrected chi connectivity index (χ1v) is 11.1. The molecule has 0 saturated carbocycles. The van der Waals surface area contributed by atoms with E-state index in [1.165, 1.54) is 0 Å². The van der Waals surface area contributed by atoms with Gasteiger partial charge in [0.2, 0.25) is 11.5 Å². The highest BCUT2D eigenvalue weighted by Gasteiger charge is 2.82. The normalized spacial score (nSPS) is 16.2. The monoisotopic (exact) mass is 762 g/mol. The van der Waals surface area contributed by atoms with Crippen molar-refractivity contribution in [2.24, 2.45) is 0 Å². The van der Waals surface area contributed by atoms with Crippen molar-refractivity contribution in [2.75, 3.05) is 0 Å². The molecule has 0 aliphatic carbocycles. The second-order valence-corrected chi connectivity index (χ2v) is 8.53. The zero-order chi connectivity index (χ0) is 36.7. The van der Waals surface area contributed by atoms with Crippen LogP contribution in [0.5, 0.6) is 0 Å². The first-order valence-electron chi connectivity index (χ1n) is 8.96. The molecule has 45 heavy (non-hydrogen) atoms. The summed E-state index contributed by atoms with van der Waals surface area (Å²) in [7, 11) is -10.4. The molecule has 0 bridgehead atoms. The van der Waals surface area contributed by atoms with Gasteiger partial charge in [0.05, 0.1) is 0 Å². The largest absolute Gasteiger partial charge is 0.455 e. The van der Waals surface area contributed by atoms with E-state index >= 15 is 0 Å². The minimum atomic E-state index is -8.24. The van der Waals surface area contributed by atoms with E-state index in [0.717, 1.165) is 0 Å². The molecule has 0 aromatic rings. The van der Waals surface area contributed by atoms with Crippen molar-refractivity contribution < 1.29 is 128 Å². The van der Waals surface area contributed by atoms with E-state index in [0.29, 0.717) is 0 Å². The van der Waals surface area contributed by atoms with Crippen LogP contribution in [-0.2, 0) is 34.8 Å². The summed E-state index contributed by atoms with van der Waals surface area (Å²) in [6, 6.07) is 0. The third-order valence-corrected chi connectivity index (χ3v) is 5.00. The number of alkyl halides is 16. The fourth-order valence-corrected chi connectivity index (χ4v) is 2.54. The Labute approximate surface area is 231 Å². The van der Waals surface area contributed by atoms with Crippen molar-refractivity contribution in [3.8, 4) is 0 Å². The van der Waals surface area contributed by atoms with Crippen LogP contribution in [0.15, 0.2) is 23.7 Å². The molecule has 264 valence electrons. The Morgan fingerprint density at radius 2 is 0.644 bits per heavy atom. The zero-order valence-electron chi connectivity index (χ0n) is 19.0. The predicted octanol–water partition coefficient (Wildman–Crippen LogP) is 6.12. The van der Waals surface area contributed by atoms with Crippen LogP contribution in [0.4, 0.5) is 96.6 Å². The molecule has 0 heterocycles. The lowest BCUT2D eigenvalue weighted by Gasteiger charge is -2.38. The average Bonchev–Trinajstić information content (AvgIpc) is 2.79. The van der Waals surface area contributed by atoms with E-state index in [1.807, 2.05) is 4.74 Å². The van der Waals surface area contributed by atoms with Gasteiger partial charge in [-0.2, -0.15) is 113 Å². The molecule has 0 aliphatic rings. The molecule has 0 fully saturated rings. The summed E-state index contributed by atoms with van der Waals surface area (Å²) in [5, 5.41) is -8.79. The maximum Gasteiger partial charge on any atom is 0.455 e. The molecule has 7 nitrogen and oxygen atoms in total. The summed E-state index contributed by atoms with van der Waals surface area (Å²) in [6.45, 7) is 0. The molecule has 0 spiro atoms. The second-order valence-electron chi connectivity index (χ2n) is 6.87. The van der Waals surface area contributed by atoms with E-state index < -0.39 is 103 Å². The molecule has 0 amide bonds. The fraction of sp³-hybridized carbons (Fsp3) is 0.571. The minimum Gasteiger partial charge on any atom is -0.442 e. The SMILES string of the molecule is O=S(=O)=C(F)C(F)(F)OC(F)(C(F)(F)F)C(F)(F)C(OC(=C(F)F)C(F)(F)C(F)(OC(F)(F)C(F)=S(=O)=O)C(F)(F)F)=C(F)F. The Kier molecular flexibility index (Phi) is 11.8. The van der Waals surface area contributed by atoms with Gasteiger partial charge < -0.3 is 4.74 Å². The van der Waals surface area contributed by atoms with Crippen LogP contribution in [-0.4, -0.2) is 75.2 Å². The summed E-state index contributed by atoms with van der Waals surface area (Å²) in [4.78, 5) is 0. The van der Waals surface area contributed by atoms with Gasteiger partial charge in [0, 0.05) is 0 Å². The maximum absolute atomic E-state index is 14.3. The second kappa shape index (κ2) is 12.7. The van der Waals surface area contributed by atoms with Crippen LogP contribution in [0.3, 0.4) is 0 Å². The van der Waals surface area contributed by atoms with Crippen molar-refractivity contribution in [1.29, 1.82) is 0 Å². The highest BCUT2D eigenvalue weighted by molar-refractivity contribution is 7.73. The summed E-state index contributed by atoms with van der Waals surface area (Å²) in [6.07, 6.45) is -41.0. The van der Waals surface area contributed by atoms with Crippen molar-refractivity contribution in [1.82, 2.24) is 0 Å². The molecule has 31 heteroatoms. The zero-order valence-corrected chi connectivity index (χ0v) is 20.6. The Morgan fingerprint density at radius 3 is 0.800 bits per heavy atom. The molecule has 0 aliphatic heterocycles. The Morgan fingerprint density at radius 1 is 0.422 bits per heavy atom. The lowest BCUT2D eigenvalue weighted by Crippen LogP contribution is -2.63. The van der Waals surface area contributed by atoms with Crippen molar-refractivity contribution in [3.05, 3.63) is 23.7 Å². The van der Waals surface area contributed by atoms with Gasteiger partial charge in [-0.1, -0.05) is 0 Å². The van der Waals surface area contributed by atoms with E-state index in [-0.39, 0.29) is 0 Å². The Hall–Kier alpha value is -2.96. The molecular formula is C14F22O7S2. The lowest BCUT2D eigenvalue weighted by atomic mass is 10.1. The number of rotatable bonds is 12. The van der Waals surface area contributed by atoms with Crippen LogP contribution in [0.2, 0.25) is 0 Å². The third kappa shape index (κ3) is 7.89. The van der Waals surface area contributed by atoms with Crippen molar-refractivity contribution >= 4 is 30.8 Å². The van der Waals surface area contributed by atoms with Crippen LogP contribution in [0, 0.1) is 0 Å². The minimum absolute atomic E-state index is 1.57. The standard InChI is InChI=1S/C14F22O7S2/c15-3(16)1(7(21,22)11(29,13(31,32)33)42-9(25,26)5(19)44(37)38)41-2(4(17)18)8(23,24)12(30,14(34,35)36)43-10(27,28)6(20)45(39)40. The van der Waals surface area contributed by atoms with Crippen molar-refractivity contribution in [2.45, 2.75) is 48.1 Å². The third-order valence-electron chi connectivity index (χ3n) is 3.94. The summed E-state index contributed by atoms with van der Waals surface area (Å²) >= 11 is 0. The van der Waals surface area contributed by atoms with E-state index in [1.54, 1.807) is 9.47 Å². The first kappa shape index (κ1) is 42.0. The maximum atomic E-state index is 14.3. The van der Waals surface area contributed by atoms with Gasteiger partial charge in [0.15, 0.2) is 0 Å². The van der Waals surface area contributed by atoms with Gasteiger partial charge in [-0.05, 0) is 0 Å². The Bertz CT molecular complexity index is 1370. The molecule has 0 aromatic carbocycles. The summed E-state index contributed by atoms with van der Waals surface area (Å²) in [5.74, 6) is -43.4. The highest BCUT2D eigenvalue weighted by Crippen LogP contribution is 2.57. The first-order chi connectivity index (χ1) is 19.5. The van der Waals surface area contributed by atoms with Gasteiger partial charge >= 0.3 is 70.5 Å². The molecule has 0 N–H and O–H groups in total. The van der Waals surface area contributed by atoms with Gasteiger partial charge in [0.1, 0.15) is 0 Å². The van der Waals surface area contributed by atoms with E-state index in [9.17, 15) is 113 Å². The molecule has 2 atom stereocenters. The van der Waals surface area contributed by atoms with Gasteiger partial charge in [0.25, 0.3) is 20.6 Å². The van der Waals surface area contributed by atoms with Gasteiger partial charge in [-0.15, -0.1) is 0 Å². The van der Waals surface area contributed by atoms with Gasteiger partial charge in [-0.25, -0.2) is 0 Å². The van der Waals surface area contributed by atoms with Crippen LogP contribution in [0.1, 0.15) is 0 Å². The molecule has 0 radical (unpaired) electrons. The molecule has 0 saturated heterocycles. The molecule has 2 unspecified atom stereocenters. The number of hydrogen-bond donors (Lipinski definition) is 0.